The number of piperidine rings is 1. The normalized spacial score (nSPS) is 21.3. The van der Waals surface area contributed by atoms with Crippen molar-refractivity contribution in [3.63, 3.8) is 0 Å². The molecule has 2 amide bonds. The van der Waals surface area contributed by atoms with Gasteiger partial charge in [-0.1, -0.05) is 59.2 Å². The molecule has 4 aromatic rings. The lowest BCUT2D eigenvalue weighted by molar-refractivity contribution is 0.0119. The molecule has 4 fully saturated rings. The van der Waals surface area contributed by atoms with Gasteiger partial charge in [0.2, 0.25) is 0 Å². The van der Waals surface area contributed by atoms with E-state index in [-0.39, 0.29) is 91.2 Å². The van der Waals surface area contributed by atoms with E-state index in [0.717, 1.165) is 36.7 Å². The number of nitriles is 1. The SMILES string of the molecule is CC(C)[Si](C#CCC1CCN(C[C@@]2(COc3nc(N4CC5CCC(C4)N5C(=O)OC(C)(C)C)c4cc(Cl)c(-c5ccc(F)c6sc(NC(=O)OC(C)(C)C)c(C#N)c56)c(F)c4n3)CC2(F)F)CC1)(C(C)C)C(C)C. The molecule has 1 aliphatic carbocycles. The Hall–Kier alpha value is -4.88. The van der Waals surface area contributed by atoms with Crippen LogP contribution in [0.15, 0.2) is 18.2 Å². The molecule has 2 aromatic heterocycles. The Balaban J connectivity index is 1.12. The molecule has 4 aliphatic rings. The third-order valence-electron chi connectivity index (χ3n) is 15.5. The van der Waals surface area contributed by atoms with Gasteiger partial charge in [-0.3, -0.25) is 10.2 Å². The van der Waals surface area contributed by atoms with Crippen molar-refractivity contribution in [3.05, 3.63) is 40.4 Å². The van der Waals surface area contributed by atoms with E-state index in [0.29, 0.717) is 48.5 Å². The van der Waals surface area contributed by atoms with Gasteiger partial charge in [-0.15, -0.1) is 22.8 Å². The molecular formula is C55H70ClF4N7O5SSi. The van der Waals surface area contributed by atoms with Crippen LogP contribution in [0.3, 0.4) is 0 Å². The average molecular weight is 1080 g/mol. The molecule has 0 radical (unpaired) electrons. The second-order valence-corrected chi connectivity index (χ2v) is 30.9. The Morgan fingerprint density at radius 3 is 2.11 bits per heavy atom. The molecule has 1 saturated carbocycles. The second-order valence-electron chi connectivity index (χ2n) is 23.9. The van der Waals surface area contributed by atoms with Gasteiger partial charge in [0.1, 0.15) is 54.1 Å². The highest BCUT2D eigenvalue weighted by Crippen LogP contribution is 2.61. The number of benzene rings is 2. The van der Waals surface area contributed by atoms with Gasteiger partial charge in [0.15, 0.2) is 5.82 Å². The summed E-state index contributed by atoms with van der Waals surface area (Å²) in [7, 11) is -1.86. The monoisotopic (exact) mass is 1080 g/mol. The third kappa shape index (κ3) is 10.9. The van der Waals surface area contributed by atoms with Crippen LogP contribution in [0.25, 0.3) is 32.1 Å². The number of alkyl halides is 2. The summed E-state index contributed by atoms with van der Waals surface area (Å²) in [5, 5.41) is 13.1. The van der Waals surface area contributed by atoms with Gasteiger partial charge in [-0.25, -0.2) is 27.2 Å². The summed E-state index contributed by atoms with van der Waals surface area (Å²) >= 11 is 7.85. The average Bonchev–Trinajstić information content (AvgIpc) is 3.48. The van der Waals surface area contributed by atoms with Crippen molar-refractivity contribution in [2.24, 2.45) is 11.3 Å². The van der Waals surface area contributed by atoms with Crippen LogP contribution in [0.5, 0.6) is 6.01 Å². The number of piperazine rings is 1. The number of rotatable bonds is 12. The standard InChI is InChI=1S/C55H70ClF4N7O5SSi/c1-31(2)74(32(3)4,33(5)6)23-13-14-34-19-21-65(22-20-34)29-54(28-55(54,59)60)30-70-49-62-45-38(47(63-49)66-26-35-15-16-36(27-66)67(35)51(69)72-53(10,11)12)24-40(56)43(44(45)58)37-17-18-41(57)46-42(37)39(25-61)48(73-46)64-50(68)71-52(7,8)9/h17-18,24,31-36H,14-16,19-22,26-30H2,1-12H3,(H,64,68)/t35?,36?,54-/m1/s1. The summed E-state index contributed by atoms with van der Waals surface area (Å²) < 4.78 is 82.3. The fourth-order valence-corrected chi connectivity index (χ4v) is 18.5. The van der Waals surface area contributed by atoms with E-state index in [1.165, 1.54) is 12.1 Å². The van der Waals surface area contributed by atoms with Crippen LogP contribution < -0.4 is 15.0 Å². The molecular weight excluding hydrogens is 1010 g/mol. The maximum atomic E-state index is 17.8. The lowest BCUT2D eigenvalue weighted by Crippen LogP contribution is -2.57. The van der Waals surface area contributed by atoms with Gasteiger partial charge in [-0.05, 0) is 121 Å². The van der Waals surface area contributed by atoms with Crippen molar-refractivity contribution < 1.29 is 41.4 Å². The number of ether oxygens (including phenoxy) is 3. The Labute approximate surface area is 442 Å². The fraction of sp³-hybridized carbons (Fsp3) is 0.618. The number of aromatic nitrogens is 2. The molecule has 3 atom stereocenters. The summed E-state index contributed by atoms with van der Waals surface area (Å²) in [4.78, 5) is 41.5. The summed E-state index contributed by atoms with van der Waals surface area (Å²) in [6.07, 6.45) is 2.16. The van der Waals surface area contributed by atoms with Crippen LogP contribution in [-0.2, 0) is 9.47 Å². The molecule has 2 unspecified atom stereocenters. The topological polar surface area (TPSA) is 133 Å². The highest BCUT2D eigenvalue weighted by molar-refractivity contribution is 7.23. The van der Waals surface area contributed by atoms with Crippen molar-refractivity contribution in [2.45, 2.75) is 167 Å². The summed E-state index contributed by atoms with van der Waals surface area (Å²) in [6.45, 7) is 25.8. The Morgan fingerprint density at radius 1 is 0.946 bits per heavy atom. The van der Waals surface area contributed by atoms with Crippen LogP contribution in [0.2, 0.25) is 21.6 Å². The van der Waals surface area contributed by atoms with E-state index < -0.39 is 67.5 Å². The van der Waals surface area contributed by atoms with Crippen LogP contribution in [0, 0.1) is 45.8 Å². The van der Waals surface area contributed by atoms with E-state index in [9.17, 15) is 14.9 Å². The lowest BCUT2D eigenvalue weighted by atomic mass is 9.93. The number of nitrogens with zero attached hydrogens (tertiary/aromatic N) is 6. The van der Waals surface area contributed by atoms with Gasteiger partial charge >= 0.3 is 18.2 Å². The molecule has 1 N–H and O–H groups in total. The lowest BCUT2D eigenvalue weighted by Gasteiger charge is -2.42. The van der Waals surface area contributed by atoms with Crippen molar-refractivity contribution >= 4 is 75.0 Å². The maximum absolute atomic E-state index is 17.8. The molecule has 3 saturated heterocycles. The Morgan fingerprint density at radius 2 is 1.55 bits per heavy atom. The van der Waals surface area contributed by atoms with Crippen LogP contribution in [0.1, 0.15) is 127 Å². The summed E-state index contributed by atoms with van der Waals surface area (Å²) in [6, 6.07) is 5.08. The van der Waals surface area contributed by atoms with Gasteiger partial charge in [0.05, 0.1) is 32.8 Å². The highest BCUT2D eigenvalue weighted by Gasteiger charge is 2.72. The zero-order valence-corrected chi connectivity index (χ0v) is 47.3. The Kier molecular flexibility index (Phi) is 15.4. The third-order valence-corrected chi connectivity index (χ3v) is 23.3. The molecule has 74 heavy (non-hydrogen) atoms. The van der Waals surface area contributed by atoms with Crippen molar-refractivity contribution in [3.8, 4) is 34.7 Å². The van der Waals surface area contributed by atoms with E-state index in [1.807, 2.05) is 11.0 Å². The maximum Gasteiger partial charge on any atom is 0.412 e. The molecule has 2 aromatic carbocycles. The number of nitrogens with one attached hydrogen (secondary N) is 1. The van der Waals surface area contributed by atoms with Gasteiger partial charge < -0.3 is 24.0 Å². The number of carbonyl (C=O) groups excluding carboxylic acids is 2. The largest absolute Gasteiger partial charge is 0.463 e. The first-order chi connectivity index (χ1) is 34.6. The molecule has 3 aliphatic heterocycles. The van der Waals surface area contributed by atoms with Crippen molar-refractivity contribution in [1.82, 2.24) is 19.8 Å². The number of anilines is 2. The van der Waals surface area contributed by atoms with Crippen LogP contribution >= 0.6 is 22.9 Å². The minimum atomic E-state index is -3.03. The fourth-order valence-electron chi connectivity index (χ4n) is 11.9. The minimum Gasteiger partial charge on any atom is -0.463 e. The summed E-state index contributed by atoms with van der Waals surface area (Å²) in [5.74, 6) is -0.470. The van der Waals surface area contributed by atoms with Crippen LogP contribution in [-0.4, -0.2) is 109 Å². The molecule has 400 valence electrons. The first-order valence-corrected chi connectivity index (χ1v) is 29.4. The van der Waals surface area contributed by atoms with E-state index in [2.05, 4.69) is 68.2 Å². The molecule has 0 spiro atoms. The molecule has 8 rings (SSSR count). The van der Waals surface area contributed by atoms with Crippen molar-refractivity contribution in [1.29, 1.82) is 5.26 Å². The Bertz CT molecular complexity index is 2900. The van der Waals surface area contributed by atoms with E-state index in [1.54, 1.807) is 46.4 Å². The number of carbonyl (C=O) groups is 2. The van der Waals surface area contributed by atoms with E-state index >= 15 is 17.6 Å². The van der Waals surface area contributed by atoms with Gasteiger partial charge in [-0.2, -0.15) is 15.2 Å². The smallest absolute Gasteiger partial charge is 0.412 e. The van der Waals surface area contributed by atoms with Crippen molar-refractivity contribution in [2.75, 3.05) is 49.5 Å². The number of hydrogen-bond acceptors (Lipinski definition) is 11. The minimum absolute atomic E-state index is 0.00578. The number of halogens is 5. The molecule has 5 heterocycles. The quantitative estimate of drug-likeness (QED) is 0.0830. The number of thiophene rings is 1. The molecule has 2 bridgehead atoms. The first kappa shape index (κ1) is 55.4. The zero-order valence-electron chi connectivity index (χ0n) is 44.7. The van der Waals surface area contributed by atoms with E-state index in [4.69, 9.17) is 30.8 Å². The predicted molar refractivity (Wildman–Crippen MR) is 287 cm³/mol. The summed E-state index contributed by atoms with van der Waals surface area (Å²) in [5.41, 5.74) is 1.77. The first-order valence-electron chi connectivity index (χ1n) is 25.9. The van der Waals surface area contributed by atoms with Gasteiger partial charge in [0.25, 0.3) is 5.92 Å². The predicted octanol–water partition coefficient (Wildman–Crippen LogP) is 14.0. The van der Waals surface area contributed by atoms with Crippen LogP contribution in [0.4, 0.5) is 38.0 Å². The number of amides is 2. The zero-order chi connectivity index (χ0) is 54.0. The number of hydrogen-bond donors (Lipinski definition) is 1. The second kappa shape index (κ2) is 20.6. The molecule has 12 nitrogen and oxygen atoms in total. The molecule has 19 heteroatoms. The number of fused-ring (bicyclic) bond motifs is 4. The van der Waals surface area contributed by atoms with Gasteiger partial charge in [0, 0.05) is 48.8 Å². The highest BCUT2D eigenvalue weighted by atomic mass is 35.5. The number of likely N-dealkylation sites (tertiary alicyclic amines) is 1.